The molecule has 0 spiro atoms. The first-order chi connectivity index (χ1) is 10.1. The van der Waals surface area contributed by atoms with E-state index in [4.69, 9.17) is 0 Å². The van der Waals surface area contributed by atoms with Gasteiger partial charge in [-0.1, -0.05) is 24.3 Å². The minimum atomic E-state index is -1.29. The summed E-state index contributed by atoms with van der Waals surface area (Å²) in [6, 6.07) is 11.9. The van der Waals surface area contributed by atoms with Gasteiger partial charge in [-0.05, 0) is 36.1 Å². The maximum Gasteiger partial charge on any atom is 0.252 e. The number of carbonyl (C=O) groups excluding carboxylic acids is 1. The maximum atomic E-state index is 12.4. The number of nitrogens with zero attached hydrogens (tertiary/aromatic N) is 1. The molecule has 0 fully saturated rings. The third-order valence-corrected chi connectivity index (χ3v) is 4.31. The molecule has 1 aromatic carbocycles. The maximum absolute atomic E-state index is 12.4. The predicted octanol–water partition coefficient (Wildman–Crippen LogP) is 1.56. The van der Waals surface area contributed by atoms with Crippen molar-refractivity contribution in [2.24, 2.45) is 7.05 Å². The molecule has 4 heteroatoms. The summed E-state index contributed by atoms with van der Waals surface area (Å²) in [6.45, 7) is 0.437. The lowest BCUT2D eigenvalue weighted by Gasteiger charge is -2.32. The summed E-state index contributed by atoms with van der Waals surface area (Å²) in [4.78, 5) is 12.4. The molecule has 2 aromatic rings. The van der Waals surface area contributed by atoms with Crippen LogP contribution in [0.2, 0.25) is 0 Å². The van der Waals surface area contributed by atoms with Gasteiger partial charge in [0.25, 0.3) is 5.91 Å². The summed E-state index contributed by atoms with van der Waals surface area (Å²) in [5, 5.41) is 13.5. The number of rotatable bonds is 3. The fourth-order valence-electron chi connectivity index (χ4n) is 2.93. The highest BCUT2D eigenvalue weighted by Gasteiger charge is 2.38. The summed E-state index contributed by atoms with van der Waals surface area (Å²) in [5.41, 5.74) is 2.03. The number of benzene rings is 1. The lowest BCUT2D eigenvalue weighted by molar-refractivity contribution is -0.141. The van der Waals surface area contributed by atoms with E-state index in [1.165, 1.54) is 5.56 Å². The highest BCUT2D eigenvalue weighted by Crippen LogP contribution is 2.28. The third-order valence-electron chi connectivity index (χ3n) is 4.31. The van der Waals surface area contributed by atoms with Crippen molar-refractivity contribution >= 4 is 5.91 Å². The Hall–Kier alpha value is -2.07. The van der Waals surface area contributed by atoms with Gasteiger partial charge in [-0.2, -0.15) is 0 Å². The van der Waals surface area contributed by atoms with Crippen molar-refractivity contribution in [2.75, 3.05) is 0 Å². The largest absolute Gasteiger partial charge is 0.380 e. The Morgan fingerprint density at radius 3 is 2.76 bits per heavy atom. The van der Waals surface area contributed by atoms with Crippen LogP contribution >= 0.6 is 0 Å². The van der Waals surface area contributed by atoms with Gasteiger partial charge in [0, 0.05) is 25.4 Å². The molecule has 0 saturated carbocycles. The normalized spacial score (nSPS) is 20.9. The average molecular weight is 284 g/mol. The molecule has 1 heterocycles. The monoisotopic (exact) mass is 284 g/mol. The Morgan fingerprint density at radius 2 is 2.05 bits per heavy atom. The average Bonchev–Trinajstić information content (AvgIpc) is 2.90. The highest BCUT2D eigenvalue weighted by atomic mass is 16.3. The molecule has 2 N–H and O–H groups in total. The molecule has 4 nitrogen and oxygen atoms in total. The van der Waals surface area contributed by atoms with Gasteiger partial charge >= 0.3 is 0 Å². The van der Waals surface area contributed by atoms with Crippen molar-refractivity contribution in [3.63, 3.8) is 0 Å². The molecule has 1 aliphatic rings. The molecule has 1 atom stereocenters. The summed E-state index contributed by atoms with van der Waals surface area (Å²) in [5.74, 6) is -0.279. The zero-order valence-corrected chi connectivity index (χ0v) is 12.2. The van der Waals surface area contributed by atoms with E-state index in [0.29, 0.717) is 19.4 Å². The van der Waals surface area contributed by atoms with Crippen LogP contribution in [0.25, 0.3) is 0 Å². The van der Waals surface area contributed by atoms with Gasteiger partial charge in [0.2, 0.25) is 0 Å². The lowest BCUT2D eigenvalue weighted by atomic mass is 9.80. The van der Waals surface area contributed by atoms with E-state index in [0.717, 1.165) is 17.7 Å². The van der Waals surface area contributed by atoms with Crippen molar-refractivity contribution in [3.05, 3.63) is 59.4 Å². The Kier molecular flexibility index (Phi) is 3.55. The molecule has 0 aliphatic heterocycles. The molecule has 0 bridgehead atoms. The number of fused-ring (bicyclic) bond motifs is 1. The molecule has 1 unspecified atom stereocenters. The van der Waals surface area contributed by atoms with E-state index >= 15 is 0 Å². The zero-order chi connectivity index (χ0) is 14.9. The quantitative estimate of drug-likeness (QED) is 0.899. The van der Waals surface area contributed by atoms with E-state index in [-0.39, 0.29) is 5.91 Å². The molecule has 3 rings (SSSR count). The minimum Gasteiger partial charge on any atom is -0.380 e. The van der Waals surface area contributed by atoms with Crippen LogP contribution in [0.3, 0.4) is 0 Å². The van der Waals surface area contributed by atoms with Gasteiger partial charge in [0.05, 0.1) is 6.54 Å². The standard InChI is InChI=1S/C17H20N2O2/c1-19-10-4-7-15(19)12-18-16(20)17(21)9-8-13-5-2-3-6-14(13)11-17/h2-7,10,21H,8-9,11-12H2,1H3,(H,18,20). The molecular formula is C17H20N2O2. The van der Waals surface area contributed by atoms with Crippen molar-refractivity contribution in [1.82, 2.24) is 9.88 Å². The molecule has 110 valence electrons. The number of nitrogens with one attached hydrogen (secondary N) is 1. The first-order valence-electron chi connectivity index (χ1n) is 7.26. The number of hydrogen-bond donors (Lipinski definition) is 2. The van der Waals surface area contributed by atoms with Gasteiger partial charge in [-0.25, -0.2) is 0 Å². The van der Waals surface area contributed by atoms with Crippen molar-refractivity contribution in [2.45, 2.75) is 31.4 Å². The summed E-state index contributed by atoms with van der Waals surface area (Å²) < 4.78 is 1.96. The van der Waals surface area contributed by atoms with Gasteiger partial charge in [-0.3, -0.25) is 4.79 Å². The molecule has 21 heavy (non-hydrogen) atoms. The molecule has 1 aliphatic carbocycles. The van der Waals surface area contributed by atoms with Crippen LogP contribution in [0.4, 0.5) is 0 Å². The Labute approximate surface area is 124 Å². The van der Waals surface area contributed by atoms with Crippen LogP contribution < -0.4 is 5.32 Å². The summed E-state index contributed by atoms with van der Waals surface area (Å²) in [7, 11) is 1.94. The smallest absolute Gasteiger partial charge is 0.252 e. The highest BCUT2D eigenvalue weighted by molar-refractivity contribution is 5.85. The van der Waals surface area contributed by atoms with E-state index in [1.54, 1.807) is 0 Å². The SMILES string of the molecule is Cn1cccc1CNC(=O)C1(O)CCc2ccccc2C1. The van der Waals surface area contributed by atoms with Crippen LogP contribution in [-0.4, -0.2) is 21.2 Å². The Bertz CT molecular complexity index is 662. The fraction of sp³-hybridized carbons (Fsp3) is 0.353. The van der Waals surface area contributed by atoms with E-state index < -0.39 is 5.60 Å². The third kappa shape index (κ3) is 2.72. The topological polar surface area (TPSA) is 54.3 Å². The van der Waals surface area contributed by atoms with E-state index in [1.807, 2.05) is 48.1 Å². The molecular weight excluding hydrogens is 264 g/mol. The first-order valence-corrected chi connectivity index (χ1v) is 7.26. The number of hydrogen-bond acceptors (Lipinski definition) is 2. The number of carbonyl (C=O) groups is 1. The number of aliphatic hydroxyl groups is 1. The predicted molar refractivity (Wildman–Crippen MR) is 80.7 cm³/mol. The second-order valence-electron chi connectivity index (χ2n) is 5.77. The van der Waals surface area contributed by atoms with Crippen LogP contribution in [0.5, 0.6) is 0 Å². The van der Waals surface area contributed by atoms with Crippen LogP contribution in [0, 0.1) is 0 Å². The number of amides is 1. The van der Waals surface area contributed by atoms with Crippen molar-refractivity contribution < 1.29 is 9.90 Å². The number of aryl methyl sites for hydroxylation is 2. The fourth-order valence-corrected chi connectivity index (χ4v) is 2.93. The van der Waals surface area contributed by atoms with E-state index in [9.17, 15) is 9.90 Å². The molecule has 0 saturated heterocycles. The Balaban J connectivity index is 1.69. The summed E-state index contributed by atoms with van der Waals surface area (Å²) >= 11 is 0. The van der Waals surface area contributed by atoms with Gasteiger partial charge in [-0.15, -0.1) is 0 Å². The second kappa shape index (κ2) is 5.37. The lowest BCUT2D eigenvalue weighted by Crippen LogP contribution is -2.50. The molecule has 0 radical (unpaired) electrons. The van der Waals surface area contributed by atoms with E-state index in [2.05, 4.69) is 11.4 Å². The second-order valence-corrected chi connectivity index (χ2v) is 5.77. The Morgan fingerprint density at radius 1 is 1.29 bits per heavy atom. The van der Waals surface area contributed by atoms with Crippen LogP contribution in [0.15, 0.2) is 42.6 Å². The summed E-state index contributed by atoms with van der Waals surface area (Å²) in [6.07, 6.45) is 3.54. The van der Waals surface area contributed by atoms with Crippen LogP contribution in [0.1, 0.15) is 23.2 Å². The van der Waals surface area contributed by atoms with Crippen LogP contribution in [-0.2, 0) is 31.2 Å². The molecule has 1 amide bonds. The van der Waals surface area contributed by atoms with Crippen molar-refractivity contribution in [3.8, 4) is 0 Å². The number of aromatic nitrogens is 1. The first kappa shape index (κ1) is 13.9. The van der Waals surface area contributed by atoms with Gasteiger partial charge in [0.1, 0.15) is 5.60 Å². The molecule has 1 aromatic heterocycles. The minimum absolute atomic E-state index is 0.279. The zero-order valence-electron chi connectivity index (χ0n) is 12.2. The van der Waals surface area contributed by atoms with Gasteiger partial charge < -0.3 is 15.0 Å². The van der Waals surface area contributed by atoms with Gasteiger partial charge in [0.15, 0.2) is 0 Å². The van der Waals surface area contributed by atoms with Crippen molar-refractivity contribution in [1.29, 1.82) is 0 Å².